The molecular weight excluding hydrogens is 220 g/mol. The fourth-order valence-corrected chi connectivity index (χ4v) is 1.94. The van der Waals surface area contributed by atoms with Gasteiger partial charge in [0.15, 0.2) is 6.10 Å². The largest absolute Gasteiger partial charge is 0.458 e. The van der Waals surface area contributed by atoms with Gasteiger partial charge < -0.3 is 9.47 Å². The first-order chi connectivity index (χ1) is 8.16. The molecule has 0 amide bonds. The predicted molar refractivity (Wildman–Crippen MR) is 60.1 cm³/mol. The highest BCUT2D eigenvalue weighted by Crippen LogP contribution is 2.30. The average molecular weight is 234 g/mol. The maximum absolute atomic E-state index is 11.1. The van der Waals surface area contributed by atoms with E-state index in [0.717, 1.165) is 5.56 Å². The summed E-state index contributed by atoms with van der Waals surface area (Å²) >= 11 is 0. The van der Waals surface area contributed by atoms with Crippen molar-refractivity contribution in [1.82, 2.24) is 0 Å². The van der Waals surface area contributed by atoms with Gasteiger partial charge in [0, 0.05) is 13.3 Å². The van der Waals surface area contributed by atoms with Crippen molar-refractivity contribution < 1.29 is 19.1 Å². The van der Waals surface area contributed by atoms with E-state index >= 15 is 0 Å². The fraction of sp³-hybridized carbons (Fsp3) is 0.385. The van der Waals surface area contributed by atoms with E-state index in [1.807, 2.05) is 30.3 Å². The van der Waals surface area contributed by atoms with E-state index < -0.39 is 6.10 Å². The van der Waals surface area contributed by atoms with Gasteiger partial charge in [-0.05, 0) is 12.0 Å². The van der Waals surface area contributed by atoms with Crippen LogP contribution in [0.3, 0.4) is 0 Å². The lowest BCUT2D eigenvalue weighted by Crippen LogP contribution is -2.23. The van der Waals surface area contributed by atoms with Crippen LogP contribution < -0.4 is 0 Å². The number of carbonyl (C=O) groups is 2. The van der Waals surface area contributed by atoms with Gasteiger partial charge in [-0.2, -0.15) is 0 Å². The molecule has 90 valence electrons. The highest BCUT2D eigenvalue weighted by atomic mass is 16.6. The van der Waals surface area contributed by atoms with Crippen molar-refractivity contribution in [3.8, 4) is 0 Å². The van der Waals surface area contributed by atoms with Crippen LogP contribution in [0.25, 0.3) is 0 Å². The third-order valence-electron chi connectivity index (χ3n) is 2.67. The lowest BCUT2D eigenvalue weighted by atomic mass is 10.0. The summed E-state index contributed by atoms with van der Waals surface area (Å²) in [6, 6.07) is 9.33. The second-order valence-corrected chi connectivity index (χ2v) is 4.01. The molecule has 1 heterocycles. The van der Waals surface area contributed by atoms with Crippen LogP contribution in [-0.4, -0.2) is 18.0 Å². The summed E-state index contributed by atoms with van der Waals surface area (Å²) in [6.07, 6.45) is 0.106. The van der Waals surface area contributed by atoms with Crippen molar-refractivity contribution >= 4 is 11.9 Å². The lowest BCUT2D eigenvalue weighted by Gasteiger charge is -2.22. The Labute approximate surface area is 99.5 Å². The number of hydrogen-bond donors (Lipinski definition) is 0. The molecule has 4 nitrogen and oxygen atoms in total. The summed E-state index contributed by atoms with van der Waals surface area (Å²) in [5, 5.41) is 0. The van der Waals surface area contributed by atoms with Gasteiger partial charge in [0.25, 0.3) is 0 Å². The Kier molecular flexibility index (Phi) is 3.42. The molecule has 4 heteroatoms. The van der Waals surface area contributed by atoms with E-state index in [1.165, 1.54) is 6.92 Å². The lowest BCUT2D eigenvalue weighted by molar-refractivity contribution is -0.160. The van der Waals surface area contributed by atoms with E-state index in [1.54, 1.807) is 0 Å². The molecule has 1 saturated heterocycles. The van der Waals surface area contributed by atoms with E-state index in [-0.39, 0.29) is 18.0 Å². The third kappa shape index (κ3) is 2.84. The summed E-state index contributed by atoms with van der Waals surface area (Å²) < 4.78 is 10.4. The van der Waals surface area contributed by atoms with Crippen LogP contribution in [0.5, 0.6) is 0 Å². The van der Waals surface area contributed by atoms with Crippen LogP contribution in [0.15, 0.2) is 30.3 Å². The van der Waals surface area contributed by atoms with Crippen LogP contribution in [0.1, 0.15) is 31.4 Å². The van der Waals surface area contributed by atoms with E-state index in [2.05, 4.69) is 0 Å². The fourth-order valence-electron chi connectivity index (χ4n) is 1.94. The molecule has 0 aliphatic carbocycles. The zero-order valence-corrected chi connectivity index (χ0v) is 9.59. The molecule has 2 rings (SSSR count). The van der Waals surface area contributed by atoms with Crippen molar-refractivity contribution in [2.45, 2.75) is 32.0 Å². The first kappa shape index (κ1) is 11.6. The topological polar surface area (TPSA) is 52.6 Å². The maximum atomic E-state index is 11.1. The number of cyclic esters (lactones) is 1. The first-order valence-corrected chi connectivity index (χ1v) is 5.58. The molecule has 2 atom stereocenters. The van der Waals surface area contributed by atoms with Crippen LogP contribution >= 0.6 is 0 Å². The van der Waals surface area contributed by atoms with Gasteiger partial charge in [0.1, 0.15) is 6.10 Å². The summed E-state index contributed by atoms with van der Waals surface area (Å²) in [5.74, 6) is -0.607. The van der Waals surface area contributed by atoms with Crippen molar-refractivity contribution in [3.63, 3.8) is 0 Å². The Hall–Kier alpha value is -1.84. The Bertz CT molecular complexity index is 413. The standard InChI is InChI=1S/C13H14O4/c1-9(14)16-13(10-5-3-2-4-6-10)11-7-8-12(15)17-11/h2-6,11,13H,7-8H2,1H3. The van der Waals surface area contributed by atoms with Crippen LogP contribution in [0.4, 0.5) is 0 Å². The summed E-state index contributed by atoms with van der Waals surface area (Å²) in [7, 11) is 0. The smallest absolute Gasteiger partial charge is 0.306 e. The van der Waals surface area contributed by atoms with E-state index in [9.17, 15) is 9.59 Å². The number of hydrogen-bond acceptors (Lipinski definition) is 4. The number of benzene rings is 1. The second-order valence-electron chi connectivity index (χ2n) is 4.01. The molecule has 1 aromatic rings. The first-order valence-electron chi connectivity index (χ1n) is 5.58. The molecule has 0 N–H and O–H groups in total. The van der Waals surface area contributed by atoms with Crippen molar-refractivity contribution in [3.05, 3.63) is 35.9 Å². The normalized spacial score (nSPS) is 20.8. The molecule has 1 aliphatic heterocycles. The number of rotatable bonds is 3. The molecule has 0 saturated carbocycles. The highest BCUT2D eigenvalue weighted by Gasteiger charge is 2.34. The molecule has 2 unspecified atom stereocenters. The summed E-state index contributed by atoms with van der Waals surface area (Å²) in [6.45, 7) is 1.35. The number of ether oxygens (including phenoxy) is 2. The van der Waals surface area contributed by atoms with E-state index in [4.69, 9.17) is 9.47 Å². The quantitative estimate of drug-likeness (QED) is 0.750. The Morgan fingerprint density at radius 2 is 2.12 bits per heavy atom. The second kappa shape index (κ2) is 4.99. The maximum Gasteiger partial charge on any atom is 0.306 e. The molecule has 1 aromatic carbocycles. The van der Waals surface area contributed by atoms with Gasteiger partial charge in [-0.3, -0.25) is 9.59 Å². The van der Waals surface area contributed by atoms with Crippen LogP contribution in [0, 0.1) is 0 Å². The number of carbonyl (C=O) groups excluding carboxylic acids is 2. The average Bonchev–Trinajstić information content (AvgIpc) is 2.73. The minimum absolute atomic E-state index is 0.233. The molecular formula is C13H14O4. The van der Waals surface area contributed by atoms with Crippen molar-refractivity contribution in [2.75, 3.05) is 0 Å². The van der Waals surface area contributed by atoms with E-state index in [0.29, 0.717) is 12.8 Å². The summed E-state index contributed by atoms with van der Waals surface area (Å²) in [4.78, 5) is 22.2. The molecule has 0 bridgehead atoms. The van der Waals surface area contributed by atoms with Crippen LogP contribution in [-0.2, 0) is 19.1 Å². The molecule has 1 fully saturated rings. The minimum atomic E-state index is -0.500. The van der Waals surface area contributed by atoms with Crippen molar-refractivity contribution in [2.24, 2.45) is 0 Å². The SMILES string of the molecule is CC(=O)OC(c1ccccc1)C1CCC(=O)O1. The van der Waals surface area contributed by atoms with Gasteiger partial charge >= 0.3 is 11.9 Å². The van der Waals surface area contributed by atoms with Gasteiger partial charge in [0.2, 0.25) is 0 Å². The highest BCUT2D eigenvalue weighted by molar-refractivity contribution is 5.72. The Balaban J connectivity index is 2.19. The van der Waals surface area contributed by atoms with Gasteiger partial charge in [-0.1, -0.05) is 30.3 Å². The van der Waals surface area contributed by atoms with Gasteiger partial charge in [0.05, 0.1) is 0 Å². The summed E-state index contributed by atoms with van der Waals surface area (Å²) in [5.41, 5.74) is 0.849. The molecule has 0 aromatic heterocycles. The minimum Gasteiger partial charge on any atom is -0.458 e. The molecule has 1 aliphatic rings. The number of esters is 2. The third-order valence-corrected chi connectivity index (χ3v) is 2.67. The molecule has 0 radical (unpaired) electrons. The van der Waals surface area contributed by atoms with Crippen molar-refractivity contribution in [1.29, 1.82) is 0 Å². The zero-order chi connectivity index (χ0) is 12.3. The monoisotopic (exact) mass is 234 g/mol. The van der Waals surface area contributed by atoms with Gasteiger partial charge in [-0.25, -0.2) is 0 Å². The zero-order valence-electron chi connectivity index (χ0n) is 9.59. The van der Waals surface area contributed by atoms with Gasteiger partial charge in [-0.15, -0.1) is 0 Å². The Morgan fingerprint density at radius 3 is 2.65 bits per heavy atom. The predicted octanol–water partition coefficient (Wildman–Crippen LogP) is 2.00. The molecule has 17 heavy (non-hydrogen) atoms. The Morgan fingerprint density at radius 1 is 1.41 bits per heavy atom. The molecule has 0 spiro atoms. The van der Waals surface area contributed by atoms with Crippen LogP contribution in [0.2, 0.25) is 0 Å².